The molecule has 38 heavy (non-hydrogen) atoms. The summed E-state index contributed by atoms with van der Waals surface area (Å²) in [7, 11) is 0. The molecule has 0 spiro atoms. The summed E-state index contributed by atoms with van der Waals surface area (Å²) in [5.41, 5.74) is 5.62. The number of benzene rings is 1. The first-order valence-electron chi connectivity index (χ1n) is 12.5. The van der Waals surface area contributed by atoms with Gasteiger partial charge in [-0.3, -0.25) is 29.4 Å². The van der Waals surface area contributed by atoms with E-state index in [2.05, 4.69) is 30.4 Å². The molecule has 5 rings (SSSR count). The number of piperidine rings is 1. The van der Waals surface area contributed by atoms with Gasteiger partial charge in [-0.15, -0.1) is 5.10 Å². The number of hydrogen-bond acceptors (Lipinski definition) is 10. The topological polar surface area (TPSA) is 166 Å². The molecule has 1 atom stereocenters. The van der Waals surface area contributed by atoms with Gasteiger partial charge >= 0.3 is 0 Å². The second kappa shape index (κ2) is 10.9. The van der Waals surface area contributed by atoms with Crippen LogP contribution >= 0.6 is 0 Å². The Hall–Kier alpha value is -4.39. The molecule has 3 amide bonds. The van der Waals surface area contributed by atoms with Crippen LogP contribution in [0.2, 0.25) is 0 Å². The molecule has 4 heterocycles. The number of pyridine rings is 1. The minimum atomic E-state index is -0.868. The fourth-order valence-corrected chi connectivity index (χ4v) is 4.64. The Kier molecular flexibility index (Phi) is 7.26. The van der Waals surface area contributed by atoms with E-state index in [1.807, 2.05) is 6.07 Å². The van der Waals surface area contributed by atoms with Gasteiger partial charge in [0.25, 0.3) is 11.5 Å². The van der Waals surface area contributed by atoms with Crippen LogP contribution in [-0.2, 0) is 9.59 Å². The maximum atomic E-state index is 13.0. The molecule has 2 fully saturated rings. The van der Waals surface area contributed by atoms with Gasteiger partial charge in [-0.1, -0.05) is 5.21 Å². The maximum Gasteiger partial charge on any atom is 0.278 e. The molecule has 198 valence electrons. The number of nitrogens with zero attached hydrogens (tertiary/aromatic N) is 6. The third-order valence-corrected chi connectivity index (χ3v) is 6.78. The zero-order chi connectivity index (χ0) is 26.6. The van der Waals surface area contributed by atoms with E-state index in [-0.39, 0.29) is 18.7 Å². The van der Waals surface area contributed by atoms with Crippen molar-refractivity contribution in [3.8, 4) is 5.75 Å². The lowest BCUT2D eigenvalue weighted by Crippen LogP contribution is -2.47. The number of amides is 3. The normalized spacial score (nSPS) is 18.4. The van der Waals surface area contributed by atoms with Crippen LogP contribution in [0.4, 0.5) is 5.82 Å². The number of piperazine rings is 1. The van der Waals surface area contributed by atoms with Crippen molar-refractivity contribution in [2.24, 2.45) is 5.73 Å². The standard InChI is InChI=1S/C25H28N8O5/c26-23(35)16-2-6-21(27-15-16)32-11-9-31(10-12-32)8-1-13-38-17-3-4-19-18(14-17)25(37)33(30-29-19)20-5-7-22(34)28-24(20)36/h2-4,6,14-15,20H,1,5,7-13H2,(H2,26,35)(H,28,34,36). The van der Waals surface area contributed by atoms with Gasteiger partial charge in [0.2, 0.25) is 11.8 Å². The van der Waals surface area contributed by atoms with E-state index in [0.717, 1.165) is 49.6 Å². The number of nitrogens with one attached hydrogen (secondary N) is 1. The Bertz CT molecular complexity index is 1420. The molecular formula is C25H28N8O5. The lowest BCUT2D eigenvalue weighted by Gasteiger charge is -2.35. The molecule has 2 saturated heterocycles. The van der Waals surface area contributed by atoms with Gasteiger partial charge in [0.15, 0.2) is 0 Å². The Labute approximate surface area is 217 Å². The lowest BCUT2D eigenvalue weighted by molar-refractivity contribution is -0.136. The molecule has 13 nitrogen and oxygen atoms in total. The number of hydrogen-bond donors (Lipinski definition) is 2. The largest absolute Gasteiger partial charge is 0.494 e. The first kappa shape index (κ1) is 25.3. The smallest absolute Gasteiger partial charge is 0.278 e. The number of imide groups is 1. The summed E-state index contributed by atoms with van der Waals surface area (Å²) < 4.78 is 6.93. The van der Waals surface area contributed by atoms with Gasteiger partial charge in [-0.25, -0.2) is 4.98 Å². The van der Waals surface area contributed by atoms with Crippen LogP contribution in [0.25, 0.3) is 10.9 Å². The predicted molar refractivity (Wildman–Crippen MR) is 137 cm³/mol. The number of anilines is 1. The monoisotopic (exact) mass is 520 g/mol. The summed E-state index contributed by atoms with van der Waals surface area (Å²) in [6.07, 6.45) is 2.65. The molecule has 3 aromatic rings. The third kappa shape index (κ3) is 5.47. The molecule has 2 aromatic heterocycles. The average Bonchev–Trinajstić information content (AvgIpc) is 2.92. The van der Waals surface area contributed by atoms with Crippen molar-refractivity contribution < 1.29 is 19.1 Å². The van der Waals surface area contributed by atoms with Gasteiger partial charge in [0, 0.05) is 45.3 Å². The van der Waals surface area contributed by atoms with Gasteiger partial charge < -0.3 is 15.4 Å². The Morgan fingerprint density at radius 1 is 1.11 bits per heavy atom. The number of ether oxygens (including phenoxy) is 1. The summed E-state index contributed by atoms with van der Waals surface area (Å²) >= 11 is 0. The second-order valence-electron chi connectivity index (χ2n) is 9.29. The first-order chi connectivity index (χ1) is 18.4. The molecule has 0 saturated carbocycles. The van der Waals surface area contributed by atoms with E-state index in [1.54, 1.807) is 24.3 Å². The SMILES string of the molecule is NC(=O)c1ccc(N2CCN(CCCOc3ccc4nnn(C5CCC(=O)NC5=O)c(=O)c4c3)CC2)nc1. The van der Waals surface area contributed by atoms with E-state index < -0.39 is 23.4 Å². The highest BCUT2D eigenvalue weighted by Gasteiger charge is 2.30. The number of carbonyl (C=O) groups is 3. The molecule has 13 heteroatoms. The van der Waals surface area contributed by atoms with Crippen LogP contribution in [0.3, 0.4) is 0 Å². The fourth-order valence-electron chi connectivity index (χ4n) is 4.64. The molecule has 1 aromatic carbocycles. The number of primary amides is 1. The minimum Gasteiger partial charge on any atom is -0.494 e. The minimum absolute atomic E-state index is 0.141. The highest BCUT2D eigenvalue weighted by atomic mass is 16.5. The van der Waals surface area contributed by atoms with Crippen molar-refractivity contribution >= 4 is 34.4 Å². The van der Waals surface area contributed by atoms with Crippen LogP contribution in [-0.4, -0.2) is 81.9 Å². The van der Waals surface area contributed by atoms with Gasteiger partial charge in [0.05, 0.1) is 17.6 Å². The van der Waals surface area contributed by atoms with Crippen molar-refractivity contribution in [2.75, 3.05) is 44.2 Å². The van der Waals surface area contributed by atoms with Crippen LogP contribution in [0.15, 0.2) is 41.3 Å². The number of fused-ring (bicyclic) bond motifs is 1. The van der Waals surface area contributed by atoms with Crippen molar-refractivity contribution in [3.63, 3.8) is 0 Å². The van der Waals surface area contributed by atoms with Crippen molar-refractivity contribution in [1.29, 1.82) is 0 Å². The first-order valence-corrected chi connectivity index (χ1v) is 12.5. The highest BCUT2D eigenvalue weighted by Crippen LogP contribution is 2.20. The molecular weight excluding hydrogens is 492 g/mol. The third-order valence-electron chi connectivity index (χ3n) is 6.78. The Morgan fingerprint density at radius 2 is 1.92 bits per heavy atom. The zero-order valence-electron chi connectivity index (χ0n) is 20.7. The summed E-state index contributed by atoms with van der Waals surface area (Å²) in [5.74, 6) is -0.0392. The van der Waals surface area contributed by atoms with Crippen LogP contribution in [0.1, 0.15) is 35.7 Å². The number of rotatable bonds is 8. The zero-order valence-corrected chi connectivity index (χ0v) is 20.7. The number of aromatic nitrogens is 4. The van der Waals surface area contributed by atoms with E-state index in [9.17, 15) is 19.2 Å². The molecule has 3 N–H and O–H groups in total. The van der Waals surface area contributed by atoms with E-state index in [0.29, 0.717) is 28.8 Å². The van der Waals surface area contributed by atoms with Crippen molar-refractivity contribution in [3.05, 3.63) is 52.4 Å². The maximum absolute atomic E-state index is 13.0. The van der Waals surface area contributed by atoms with Gasteiger partial charge in [0.1, 0.15) is 23.1 Å². The van der Waals surface area contributed by atoms with Crippen molar-refractivity contribution in [1.82, 2.24) is 30.2 Å². The number of carbonyl (C=O) groups excluding carboxylic acids is 3. The quantitative estimate of drug-likeness (QED) is 0.301. The molecule has 0 bridgehead atoms. The van der Waals surface area contributed by atoms with E-state index in [1.165, 1.54) is 6.20 Å². The lowest BCUT2D eigenvalue weighted by atomic mass is 10.1. The molecule has 0 radical (unpaired) electrons. The Morgan fingerprint density at radius 3 is 2.63 bits per heavy atom. The Balaban J connectivity index is 1.12. The number of nitrogens with two attached hydrogens (primary N) is 1. The van der Waals surface area contributed by atoms with Crippen LogP contribution in [0, 0.1) is 0 Å². The van der Waals surface area contributed by atoms with Crippen LogP contribution in [0.5, 0.6) is 5.75 Å². The van der Waals surface area contributed by atoms with Crippen molar-refractivity contribution in [2.45, 2.75) is 25.3 Å². The molecule has 0 aliphatic carbocycles. The summed E-state index contributed by atoms with van der Waals surface area (Å²) in [6, 6.07) is 7.66. The van der Waals surface area contributed by atoms with E-state index in [4.69, 9.17) is 10.5 Å². The van der Waals surface area contributed by atoms with E-state index >= 15 is 0 Å². The second-order valence-corrected chi connectivity index (χ2v) is 9.29. The van der Waals surface area contributed by atoms with Crippen LogP contribution < -0.4 is 26.2 Å². The fraction of sp³-hybridized carbons (Fsp3) is 0.400. The summed E-state index contributed by atoms with van der Waals surface area (Å²) in [5, 5.41) is 10.5. The molecule has 1 unspecified atom stereocenters. The van der Waals surface area contributed by atoms with Gasteiger partial charge in [-0.2, -0.15) is 4.68 Å². The van der Waals surface area contributed by atoms with Gasteiger partial charge in [-0.05, 0) is 43.2 Å². The summed E-state index contributed by atoms with van der Waals surface area (Å²) in [4.78, 5) is 56.7. The summed E-state index contributed by atoms with van der Waals surface area (Å²) in [6.45, 7) is 4.76. The molecule has 2 aliphatic rings. The average molecular weight is 521 g/mol. The predicted octanol–water partition coefficient (Wildman–Crippen LogP) is -0.146. The molecule has 2 aliphatic heterocycles. The highest BCUT2D eigenvalue weighted by molar-refractivity contribution is 5.99.